The zero-order chi connectivity index (χ0) is 23.3. The Morgan fingerprint density at radius 1 is 1.03 bits per heavy atom. The zero-order valence-corrected chi connectivity index (χ0v) is 19.8. The summed E-state index contributed by atoms with van der Waals surface area (Å²) in [6.07, 6.45) is 0.801. The number of carbonyl (C=O) groups is 1. The number of ether oxygens (including phenoxy) is 2. The molecule has 0 aliphatic rings. The fourth-order valence-electron chi connectivity index (χ4n) is 2.95. The standard InChI is InChI=1S/C25H36N4O3/c1-6-18(3)29-24(30)21-12-10-11-20(15-21)17-28-25(26-7-2)27-16-19(4)32-23-14-9-8-13-22(23)31-5/h8-15,18-19H,6-7,16-17H2,1-5H3,(H,29,30)(H2,26,27,28). The van der Waals surface area contributed by atoms with Gasteiger partial charge < -0.3 is 25.4 Å². The van der Waals surface area contributed by atoms with Crippen molar-refractivity contribution < 1.29 is 14.3 Å². The van der Waals surface area contributed by atoms with E-state index in [2.05, 4.69) is 20.9 Å². The van der Waals surface area contributed by atoms with Crippen LogP contribution in [0.1, 0.15) is 50.0 Å². The lowest BCUT2D eigenvalue weighted by Gasteiger charge is -2.19. The monoisotopic (exact) mass is 440 g/mol. The Bertz CT molecular complexity index is 885. The van der Waals surface area contributed by atoms with Gasteiger partial charge >= 0.3 is 0 Å². The molecule has 7 heteroatoms. The van der Waals surface area contributed by atoms with Gasteiger partial charge in [-0.25, -0.2) is 4.99 Å². The first-order chi connectivity index (χ1) is 15.5. The number of benzene rings is 2. The van der Waals surface area contributed by atoms with Gasteiger partial charge in [-0.3, -0.25) is 4.79 Å². The molecule has 2 rings (SSSR count). The fourth-order valence-corrected chi connectivity index (χ4v) is 2.95. The smallest absolute Gasteiger partial charge is 0.251 e. The second kappa shape index (κ2) is 13.2. The molecule has 2 aromatic carbocycles. The third-order valence-electron chi connectivity index (χ3n) is 4.90. The third-order valence-corrected chi connectivity index (χ3v) is 4.90. The minimum Gasteiger partial charge on any atom is -0.493 e. The van der Waals surface area contributed by atoms with Gasteiger partial charge in [-0.15, -0.1) is 0 Å². The van der Waals surface area contributed by atoms with Crippen LogP contribution in [-0.2, 0) is 6.54 Å². The summed E-state index contributed by atoms with van der Waals surface area (Å²) in [7, 11) is 1.63. The average molecular weight is 441 g/mol. The number of aliphatic imine (C=N–C) groups is 1. The molecule has 0 aromatic heterocycles. The number of rotatable bonds is 11. The van der Waals surface area contributed by atoms with Crippen LogP contribution < -0.4 is 25.4 Å². The maximum absolute atomic E-state index is 12.4. The van der Waals surface area contributed by atoms with Gasteiger partial charge in [0.15, 0.2) is 17.5 Å². The number of hydrogen-bond acceptors (Lipinski definition) is 4. The van der Waals surface area contributed by atoms with Crippen LogP contribution in [0, 0.1) is 0 Å². The normalized spacial score (nSPS) is 13.1. The summed E-state index contributed by atoms with van der Waals surface area (Å²) in [5.74, 6) is 2.05. The van der Waals surface area contributed by atoms with Gasteiger partial charge in [0.1, 0.15) is 6.10 Å². The number of nitrogens with one attached hydrogen (secondary N) is 3. The lowest BCUT2D eigenvalue weighted by molar-refractivity contribution is 0.0939. The summed E-state index contributed by atoms with van der Waals surface area (Å²) in [5, 5.41) is 9.56. The van der Waals surface area contributed by atoms with Crippen LogP contribution in [0.5, 0.6) is 11.5 Å². The van der Waals surface area contributed by atoms with Crippen molar-refractivity contribution in [2.75, 3.05) is 20.2 Å². The van der Waals surface area contributed by atoms with Gasteiger partial charge in [0.05, 0.1) is 20.2 Å². The molecule has 0 heterocycles. The summed E-state index contributed by atoms with van der Waals surface area (Å²) in [6, 6.07) is 15.3. The molecule has 2 atom stereocenters. The topological polar surface area (TPSA) is 84.0 Å². The summed E-state index contributed by atoms with van der Waals surface area (Å²) in [6.45, 7) is 9.83. The summed E-state index contributed by atoms with van der Waals surface area (Å²) in [5.41, 5.74) is 1.62. The first-order valence-electron chi connectivity index (χ1n) is 11.2. The van der Waals surface area contributed by atoms with Crippen molar-refractivity contribution in [1.29, 1.82) is 0 Å². The molecular formula is C25H36N4O3. The van der Waals surface area contributed by atoms with Crippen molar-refractivity contribution in [3.63, 3.8) is 0 Å². The van der Waals surface area contributed by atoms with Crippen LogP contribution in [0.2, 0.25) is 0 Å². The van der Waals surface area contributed by atoms with Crippen LogP contribution in [0.3, 0.4) is 0 Å². The number of amides is 1. The van der Waals surface area contributed by atoms with Crippen molar-refractivity contribution in [3.8, 4) is 11.5 Å². The average Bonchev–Trinajstić information content (AvgIpc) is 2.81. The van der Waals surface area contributed by atoms with E-state index in [0.717, 1.165) is 18.5 Å². The first-order valence-corrected chi connectivity index (χ1v) is 11.2. The molecule has 0 saturated heterocycles. The molecule has 0 saturated carbocycles. The Hall–Kier alpha value is -3.22. The van der Waals surface area contributed by atoms with E-state index in [9.17, 15) is 4.79 Å². The van der Waals surface area contributed by atoms with Crippen molar-refractivity contribution in [3.05, 3.63) is 59.7 Å². The van der Waals surface area contributed by atoms with Gasteiger partial charge in [0.2, 0.25) is 0 Å². The molecule has 0 bridgehead atoms. The Morgan fingerprint density at radius 2 is 1.78 bits per heavy atom. The van der Waals surface area contributed by atoms with Crippen LogP contribution in [0.4, 0.5) is 0 Å². The zero-order valence-electron chi connectivity index (χ0n) is 19.8. The predicted octanol–water partition coefficient (Wildman–Crippen LogP) is 3.75. The minimum absolute atomic E-state index is 0.0578. The number of carbonyl (C=O) groups excluding carboxylic acids is 1. The lowest BCUT2D eigenvalue weighted by Crippen LogP contribution is -2.41. The van der Waals surface area contributed by atoms with E-state index in [4.69, 9.17) is 9.47 Å². The molecule has 3 N–H and O–H groups in total. The number of nitrogens with zero attached hydrogens (tertiary/aromatic N) is 1. The first kappa shape index (κ1) is 25.0. The Kier molecular flexibility index (Phi) is 10.4. The Balaban J connectivity index is 1.96. The van der Waals surface area contributed by atoms with Crippen molar-refractivity contribution in [2.24, 2.45) is 4.99 Å². The number of methoxy groups -OCH3 is 1. The quantitative estimate of drug-likeness (QED) is 0.366. The molecular weight excluding hydrogens is 404 g/mol. The fraction of sp³-hybridized carbons (Fsp3) is 0.440. The van der Waals surface area contributed by atoms with E-state index in [1.807, 2.05) is 76.2 Å². The minimum atomic E-state index is -0.0947. The highest BCUT2D eigenvalue weighted by molar-refractivity contribution is 5.94. The van der Waals surface area contributed by atoms with Crippen LogP contribution in [0.15, 0.2) is 53.5 Å². The lowest BCUT2D eigenvalue weighted by atomic mass is 10.1. The summed E-state index contributed by atoms with van der Waals surface area (Å²) in [4.78, 5) is 17.0. The molecule has 0 spiro atoms. The highest BCUT2D eigenvalue weighted by atomic mass is 16.5. The highest BCUT2D eigenvalue weighted by Crippen LogP contribution is 2.26. The molecule has 0 radical (unpaired) electrons. The van der Waals surface area contributed by atoms with E-state index in [-0.39, 0.29) is 18.1 Å². The molecule has 0 fully saturated rings. The van der Waals surface area contributed by atoms with Crippen LogP contribution in [-0.4, -0.2) is 44.2 Å². The number of guanidine groups is 1. The molecule has 2 aromatic rings. The van der Waals surface area contributed by atoms with Gasteiger partial charge in [-0.2, -0.15) is 0 Å². The van der Waals surface area contributed by atoms with E-state index in [0.29, 0.717) is 36.1 Å². The van der Waals surface area contributed by atoms with Gasteiger partial charge in [-0.1, -0.05) is 31.2 Å². The Labute approximate surface area is 191 Å². The molecule has 32 heavy (non-hydrogen) atoms. The van der Waals surface area contributed by atoms with E-state index >= 15 is 0 Å². The van der Waals surface area contributed by atoms with Gasteiger partial charge in [0.25, 0.3) is 5.91 Å². The SMILES string of the molecule is CCNC(=NCc1cccc(C(=O)NC(C)CC)c1)NCC(C)Oc1ccccc1OC. The summed E-state index contributed by atoms with van der Waals surface area (Å²) >= 11 is 0. The molecule has 174 valence electrons. The van der Waals surface area contributed by atoms with E-state index in [1.165, 1.54) is 0 Å². The molecule has 0 aliphatic heterocycles. The van der Waals surface area contributed by atoms with Crippen molar-refractivity contribution in [2.45, 2.75) is 52.8 Å². The molecule has 1 amide bonds. The third kappa shape index (κ3) is 8.13. The second-order valence-corrected chi connectivity index (χ2v) is 7.64. The Morgan fingerprint density at radius 3 is 2.47 bits per heavy atom. The van der Waals surface area contributed by atoms with Gasteiger partial charge in [0, 0.05) is 18.2 Å². The molecule has 0 aliphatic carbocycles. The number of para-hydroxylation sites is 2. The molecule has 7 nitrogen and oxygen atoms in total. The predicted molar refractivity (Wildman–Crippen MR) is 130 cm³/mol. The maximum Gasteiger partial charge on any atom is 0.251 e. The largest absolute Gasteiger partial charge is 0.493 e. The van der Waals surface area contributed by atoms with Crippen LogP contribution >= 0.6 is 0 Å². The van der Waals surface area contributed by atoms with Gasteiger partial charge in [-0.05, 0) is 57.0 Å². The van der Waals surface area contributed by atoms with E-state index in [1.54, 1.807) is 7.11 Å². The summed E-state index contributed by atoms with van der Waals surface area (Å²) < 4.78 is 11.3. The van der Waals surface area contributed by atoms with Crippen molar-refractivity contribution in [1.82, 2.24) is 16.0 Å². The van der Waals surface area contributed by atoms with E-state index < -0.39 is 0 Å². The second-order valence-electron chi connectivity index (χ2n) is 7.64. The maximum atomic E-state index is 12.4. The molecule has 2 unspecified atom stereocenters. The van der Waals surface area contributed by atoms with Crippen molar-refractivity contribution >= 4 is 11.9 Å². The number of hydrogen-bond donors (Lipinski definition) is 3. The highest BCUT2D eigenvalue weighted by Gasteiger charge is 2.11. The van der Waals surface area contributed by atoms with Crippen LogP contribution in [0.25, 0.3) is 0 Å².